The van der Waals surface area contributed by atoms with Crippen molar-refractivity contribution in [2.75, 3.05) is 23.4 Å². The molecule has 1 amide bonds. The first-order chi connectivity index (χ1) is 14.8. The molecule has 7 nitrogen and oxygen atoms in total. The van der Waals surface area contributed by atoms with Crippen molar-refractivity contribution in [1.29, 1.82) is 0 Å². The Balaban J connectivity index is 1.92. The van der Waals surface area contributed by atoms with E-state index in [1.165, 1.54) is 0 Å². The lowest BCUT2D eigenvalue weighted by Gasteiger charge is -2.39. The third kappa shape index (κ3) is 4.87. The number of nitrogens with zero attached hydrogens (tertiary/aromatic N) is 1. The van der Waals surface area contributed by atoms with E-state index in [1.807, 2.05) is 19.1 Å². The summed E-state index contributed by atoms with van der Waals surface area (Å²) in [5.74, 6) is -0.799. The van der Waals surface area contributed by atoms with Crippen LogP contribution in [0.15, 0.2) is 42.5 Å². The number of hydrogen-bond donors (Lipinski definition) is 1. The number of carbonyl (C=O) groups is 3. The first-order valence-corrected chi connectivity index (χ1v) is 10.5. The molecule has 0 aromatic heterocycles. The quantitative estimate of drug-likeness (QED) is 0.695. The molecule has 1 N–H and O–H groups in total. The van der Waals surface area contributed by atoms with Crippen LogP contribution in [-0.2, 0) is 14.3 Å². The molecule has 0 radical (unpaired) electrons. The largest absolute Gasteiger partial charge is 0.462 e. The van der Waals surface area contributed by atoms with Gasteiger partial charge in [-0.3, -0.25) is 4.79 Å². The van der Waals surface area contributed by atoms with E-state index in [9.17, 15) is 14.4 Å². The van der Waals surface area contributed by atoms with Gasteiger partial charge in [0.25, 0.3) is 0 Å². The average molecular weight is 424 g/mol. The summed E-state index contributed by atoms with van der Waals surface area (Å²) in [6, 6.07) is 12.2. The van der Waals surface area contributed by atoms with E-state index in [-0.39, 0.29) is 24.0 Å². The van der Waals surface area contributed by atoms with Crippen LogP contribution in [0.25, 0.3) is 0 Å². The van der Waals surface area contributed by atoms with E-state index < -0.39 is 5.97 Å². The molecule has 2 aromatic rings. The Bertz CT molecular complexity index is 970. The van der Waals surface area contributed by atoms with Gasteiger partial charge in [-0.2, -0.15) is 0 Å². The van der Waals surface area contributed by atoms with E-state index in [1.54, 1.807) is 56.0 Å². The monoisotopic (exact) mass is 424 g/mol. The van der Waals surface area contributed by atoms with E-state index in [0.717, 1.165) is 16.9 Å². The molecule has 0 unspecified atom stereocenters. The van der Waals surface area contributed by atoms with Gasteiger partial charge in [0.05, 0.1) is 30.4 Å². The number of benzene rings is 2. The molecule has 1 aliphatic heterocycles. The second-order valence-electron chi connectivity index (χ2n) is 7.46. The Morgan fingerprint density at radius 3 is 2.13 bits per heavy atom. The van der Waals surface area contributed by atoms with Gasteiger partial charge < -0.3 is 19.7 Å². The second-order valence-corrected chi connectivity index (χ2v) is 7.46. The van der Waals surface area contributed by atoms with E-state index in [4.69, 9.17) is 9.47 Å². The molecule has 164 valence electrons. The third-order valence-electron chi connectivity index (χ3n) is 5.27. The summed E-state index contributed by atoms with van der Waals surface area (Å²) in [5, 5.41) is 3.48. The van der Waals surface area contributed by atoms with Gasteiger partial charge in [0.1, 0.15) is 0 Å². The van der Waals surface area contributed by atoms with E-state index >= 15 is 0 Å². The Labute approximate surface area is 182 Å². The number of carbonyl (C=O) groups excluding carboxylic acids is 3. The number of nitrogens with one attached hydrogen (secondary N) is 1. The maximum atomic E-state index is 12.3. The van der Waals surface area contributed by atoms with Gasteiger partial charge in [-0.15, -0.1) is 0 Å². The SMILES string of the molecule is CCOC(=O)c1ccc(N[C@@H]2C[C@H](C)N(C(C)=O)c3ccc(C(=O)OCC)cc32)cc1. The molecule has 1 heterocycles. The van der Waals surface area contributed by atoms with Crippen LogP contribution in [0.3, 0.4) is 0 Å². The molecular weight excluding hydrogens is 396 g/mol. The zero-order chi connectivity index (χ0) is 22.5. The fourth-order valence-corrected chi connectivity index (χ4v) is 3.94. The van der Waals surface area contributed by atoms with Crippen molar-refractivity contribution < 1.29 is 23.9 Å². The molecular formula is C24H28N2O5. The van der Waals surface area contributed by atoms with E-state index in [2.05, 4.69) is 5.32 Å². The molecule has 7 heteroatoms. The molecule has 0 saturated heterocycles. The second kappa shape index (κ2) is 9.64. The highest BCUT2D eigenvalue weighted by atomic mass is 16.5. The Morgan fingerprint density at radius 1 is 0.968 bits per heavy atom. The highest BCUT2D eigenvalue weighted by molar-refractivity contribution is 5.96. The van der Waals surface area contributed by atoms with Gasteiger partial charge in [0, 0.05) is 24.3 Å². The highest BCUT2D eigenvalue weighted by Crippen LogP contribution is 2.39. The van der Waals surface area contributed by atoms with Gasteiger partial charge in [-0.1, -0.05) is 0 Å². The zero-order valence-corrected chi connectivity index (χ0v) is 18.3. The number of ether oxygens (including phenoxy) is 2. The fraction of sp³-hybridized carbons (Fsp3) is 0.375. The minimum atomic E-state index is -0.393. The number of fused-ring (bicyclic) bond motifs is 1. The number of esters is 2. The van der Waals surface area contributed by atoms with Crippen LogP contribution in [0.4, 0.5) is 11.4 Å². The van der Waals surface area contributed by atoms with Gasteiger partial charge in [0.15, 0.2) is 0 Å². The lowest BCUT2D eigenvalue weighted by molar-refractivity contribution is -0.117. The van der Waals surface area contributed by atoms with Crippen molar-refractivity contribution >= 4 is 29.2 Å². The van der Waals surface area contributed by atoms with Crippen molar-refractivity contribution in [2.24, 2.45) is 0 Å². The van der Waals surface area contributed by atoms with Crippen LogP contribution in [0, 0.1) is 0 Å². The summed E-state index contributed by atoms with van der Waals surface area (Å²) in [6.45, 7) is 7.69. The van der Waals surface area contributed by atoms with Crippen molar-refractivity contribution in [3.05, 3.63) is 59.2 Å². The molecule has 0 aliphatic carbocycles. The standard InChI is InChI=1S/C24H28N2O5/c1-5-30-23(28)17-7-10-19(11-8-17)25-21-13-15(3)26(16(4)27)22-12-9-18(14-20(21)22)24(29)31-6-2/h7-12,14-15,21,25H,5-6,13H2,1-4H3/t15-,21+/m0/s1. The van der Waals surface area contributed by atoms with Crippen LogP contribution in [0.5, 0.6) is 0 Å². The fourth-order valence-electron chi connectivity index (χ4n) is 3.94. The molecule has 0 saturated carbocycles. The first kappa shape index (κ1) is 22.3. The smallest absolute Gasteiger partial charge is 0.338 e. The summed E-state index contributed by atoms with van der Waals surface area (Å²) in [7, 11) is 0. The summed E-state index contributed by atoms with van der Waals surface area (Å²) in [4.78, 5) is 38.2. The van der Waals surface area contributed by atoms with Gasteiger partial charge >= 0.3 is 11.9 Å². The van der Waals surface area contributed by atoms with Crippen LogP contribution in [-0.4, -0.2) is 37.1 Å². The van der Waals surface area contributed by atoms with E-state index in [0.29, 0.717) is 30.8 Å². The zero-order valence-electron chi connectivity index (χ0n) is 18.3. The van der Waals surface area contributed by atoms with Crippen molar-refractivity contribution in [3.63, 3.8) is 0 Å². The summed E-state index contributed by atoms with van der Waals surface area (Å²) < 4.78 is 10.2. The van der Waals surface area contributed by atoms with Crippen LogP contribution in [0.1, 0.15) is 66.4 Å². The normalized spacial score (nSPS) is 17.5. The minimum Gasteiger partial charge on any atom is -0.462 e. The van der Waals surface area contributed by atoms with Crippen molar-refractivity contribution in [1.82, 2.24) is 0 Å². The predicted octanol–water partition coefficient (Wildman–Crippen LogP) is 4.34. The van der Waals surface area contributed by atoms with Crippen LogP contribution >= 0.6 is 0 Å². The number of amides is 1. The Hall–Kier alpha value is -3.35. The first-order valence-electron chi connectivity index (χ1n) is 10.5. The topological polar surface area (TPSA) is 84.9 Å². The molecule has 2 aromatic carbocycles. The molecule has 1 aliphatic rings. The lowest BCUT2D eigenvalue weighted by Crippen LogP contribution is -2.43. The van der Waals surface area contributed by atoms with Gasteiger partial charge in [0.2, 0.25) is 5.91 Å². The Kier molecular flexibility index (Phi) is 6.95. The Morgan fingerprint density at radius 2 is 1.55 bits per heavy atom. The maximum Gasteiger partial charge on any atom is 0.338 e. The lowest BCUT2D eigenvalue weighted by atomic mass is 9.90. The molecule has 0 fully saturated rings. The number of hydrogen-bond acceptors (Lipinski definition) is 6. The van der Waals surface area contributed by atoms with Crippen molar-refractivity contribution in [2.45, 2.75) is 46.2 Å². The summed E-state index contributed by atoms with van der Waals surface area (Å²) in [5.41, 5.74) is 3.39. The average Bonchev–Trinajstić information content (AvgIpc) is 2.74. The maximum absolute atomic E-state index is 12.3. The van der Waals surface area contributed by atoms with Crippen molar-refractivity contribution in [3.8, 4) is 0 Å². The van der Waals surface area contributed by atoms with Gasteiger partial charge in [-0.25, -0.2) is 9.59 Å². The number of anilines is 2. The molecule has 31 heavy (non-hydrogen) atoms. The summed E-state index contributed by atoms with van der Waals surface area (Å²) >= 11 is 0. The summed E-state index contributed by atoms with van der Waals surface area (Å²) in [6.07, 6.45) is 0.665. The molecule has 3 rings (SSSR count). The van der Waals surface area contributed by atoms with Crippen LogP contribution in [0.2, 0.25) is 0 Å². The highest BCUT2D eigenvalue weighted by Gasteiger charge is 2.33. The van der Waals surface area contributed by atoms with Gasteiger partial charge in [-0.05, 0) is 75.2 Å². The molecule has 0 spiro atoms. The number of rotatable bonds is 6. The predicted molar refractivity (Wildman–Crippen MR) is 118 cm³/mol. The van der Waals surface area contributed by atoms with Crippen LogP contribution < -0.4 is 10.2 Å². The molecule has 0 bridgehead atoms. The molecule has 2 atom stereocenters. The minimum absolute atomic E-state index is 0.0188. The third-order valence-corrected chi connectivity index (χ3v) is 5.27.